The van der Waals surface area contributed by atoms with Gasteiger partial charge in [-0.15, -0.1) is 0 Å². The molecule has 1 nitrogen and oxygen atoms in total. The Labute approximate surface area is 96.2 Å². The molecule has 0 amide bonds. The highest BCUT2D eigenvalue weighted by Gasteiger charge is 2.18. The van der Waals surface area contributed by atoms with Crippen LogP contribution in [0.4, 0.5) is 0 Å². The van der Waals surface area contributed by atoms with Crippen LogP contribution in [0.5, 0.6) is 0 Å². The molecule has 1 heteroatoms. The molecule has 1 heterocycles. The third-order valence-electron chi connectivity index (χ3n) is 3.74. The van der Waals surface area contributed by atoms with Gasteiger partial charge < -0.3 is 4.90 Å². The van der Waals surface area contributed by atoms with Crippen molar-refractivity contribution in [3.63, 3.8) is 0 Å². The van der Waals surface area contributed by atoms with Gasteiger partial charge in [0, 0.05) is 6.04 Å². The minimum absolute atomic E-state index is 0.866. The van der Waals surface area contributed by atoms with Crippen LogP contribution in [-0.2, 0) is 0 Å². The van der Waals surface area contributed by atoms with E-state index in [2.05, 4.69) is 18.7 Å². The molecule has 0 spiro atoms. The van der Waals surface area contributed by atoms with Gasteiger partial charge in [-0.3, -0.25) is 0 Å². The molecule has 1 rings (SSSR count). The van der Waals surface area contributed by atoms with Gasteiger partial charge in [-0.2, -0.15) is 0 Å². The van der Waals surface area contributed by atoms with Crippen molar-refractivity contribution in [2.24, 2.45) is 0 Å². The first-order chi connectivity index (χ1) is 7.34. The van der Waals surface area contributed by atoms with E-state index in [4.69, 9.17) is 0 Å². The van der Waals surface area contributed by atoms with Crippen LogP contribution >= 0.6 is 0 Å². The van der Waals surface area contributed by atoms with Gasteiger partial charge in [0.1, 0.15) is 0 Å². The van der Waals surface area contributed by atoms with E-state index < -0.39 is 0 Å². The van der Waals surface area contributed by atoms with Crippen LogP contribution in [0.25, 0.3) is 0 Å². The SMILES string of the molecule is CCCCCCCCCN1CCCC1C. The normalized spacial score (nSPS) is 22.4. The zero-order chi connectivity index (χ0) is 10.9. The first kappa shape index (κ1) is 13.0. The van der Waals surface area contributed by atoms with Gasteiger partial charge >= 0.3 is 0 Å². The van der Waals surface area contributed by atoms with Crippen molar-refractivity contribution >= 4 is 0 Å². The van der Waals surface area contributed by atoms with Gasteiger partial charge in [-0.25, -0.2) is 0 Å². The standard InChI is InChI=1S/C14H29N/c1-3-4-5-6-7-8-9-12-15-13-10-11-14(15)2/h14H,3-13H2,1-2H3. The second kappa shape index (κ2) is 8.15. The molecule has 0 aromatic rings. The highest BCUT2D eigenvalue weighted by Crippen LogP contribution is 2.17. The average molecular weight is 211 g/mol. The van der Waals surface area contributed by atoms with Crippen molar-refractivity contribution in [2.45, 2.75) is 77.7 Å². The summed E-state index contributed by atoms with van der Waals surface area (Å²) >= 11 is 0. The van der Waals surface area contributed by atoms with Gasteiger partial charge in [0.2, 0.25) is 0 Å². The van der Waals surface area contributed by atoms with Gasteiger partial charge in [0.15, 0.2) is 0 Å². The second-order valence-electron chi connectivity index (χ2n) is 5.15. The Bertz CT molecular complexity index is 144. The van der Waals surface area contributed by atoms with Crippen molar-refractivity contribution in [2.75, 3.05) is 13.1 Å². The fourth-order valence-corrected chi connectivity index (χ4v) is 2.60. The minimum atomic E-state index is 0.866. The molecule has 1 saturated heterocycles. The molecule has 0 N–H and O–H groups in total. The largest absolute Gasteiger partial charge is 0.301 e. The Kier molecular flexibility index (Phi) is 7.08. The van der Waals surface area contributed by atoms with E-state index in [-0.39, 0.29) is 0 Å². The Hall–Kier alpha value is -0.0400. The van der Waals surface area contributed by atoms with Crippen molar-refractivity contribution in [1.29, 1.82) is 0 Å². The van der Waals surface area contributed by atoms with Crippen LogP contribution in [-0.4, -0.2) is 24.0 Å². The Morgan fingerprint density at radius 3 is 2.27 bits per heavy atom. The van der Waals surface area contributed by atoms with E-state index in [9.17, 15) is 0 Å². The maximum absolute atomic E-state index is 2.67. The van der Waals surface area contributed by atoms with E-state index in [1.54, 1.807) is 0 Å². The number of likely N-dealkylation sites (tertiary alicyclic amines) is 1. The highest BCUT2D eigenvalue weighted by atomic mass is 15.2. The molecular weight excluding hydrogens is 182 g/mol. The molecule has 0 aliphatic carbocycles. The zero-order valence-corrected chi connectivity index (χ0v) is 10.8. The molecule has 0 bridgehead atoms. The summed E-state index contributed by atoms with van der Waals surface area (Å²) in [4.78, 5) is 2.67. The van der Waals surface area contributed by atoms with Crippen LogP contribution < -0.4 is 0 Å². The summed E-state index contributed by atoms with van der Waals surface area (Å²) in [5.41, 5.74) is 0. The predicted octanol–water partition coefficient (Wildman–Crippen LogP) is 4.22. The quantitative estimate of drug-likeness (QED) is 0.543. The van der Waals surface area contributed by atoms with Crippen LogP contribution in [0.3, 0.4) is 0 Å². The maximum Gasteiger partial charge on any atom is 0.00674 e. The molecule has 15 heavy (non-hydrogen) atoms. The van der Waals surface area contributed by atoms with Gasteiger partial charge in [-0.05, 0) is 39.3 Å². The Morgan fingerprint density at radius 1 is 1.00 bits per heavy atom. The monoisotopic (exact) mass is 211 g/mol. The molecule has 1 aliphatic heterocycles. The minimum Gasteiger partial charge on any atom is -0.301 e. The maximum atomic E-state index is 2.67. The molecule has 0 aromatic heterocycles. The fourth-order valence-electron chi connectivity index (χ4n) is 2.60. The average Bonchev–Trinajstić information content (AvgIpc) is 2.63. The smallest absolute Gasteiger partial charge is 0.00674 e. The summed E-state index contributed by atoms with van der Waals surface area (Å²) in [6.45, 7) is 7.38. The molecule has 0 saturated carbocycles. The van der Waals surface area contributed by atoms with Gasteiger partial charge in [0.05, 0.1) is 0 Å². The van der Waals surface area contributed by atoms with Crippen molar-refractivity contribution in [1.82, 2.24) is 4.90 Å². The molecular formula is C14H29N. The van der Waals surface area contributed by atoms with Crippen LogP contribution in [0.2, 0.25) is 0 Å². The predicted molar refractivity (Wildman–Crippen MR) is 68.3 cm³/mol. The molecule has 1 aliphatic rings. The number of hydrogen-bond acceptors (Lipinski definition) is 1. The molecule has 1 unspecified atom stereocenters. The molecule has 0 radical (unpaired) electrons. The van der Waals surface area contributed by atoms with E-state index in [1.165, 1.54) is 70.9 Å². The molecule has 1 fully saturated rings. The Morgan fingerprint density at radius 2 is 1.67 bits per heavy atom. The van der Waals surface area contributed by atoms with E-state index in [0.717, 1.165) is 6.04 Å². The summed E-state index contributed by atoms with van der Waals surface area (Å²) in [5.74, 6) is 0. The summed E-state index contributed by atoms with van der Waals surface area (Å²) in [7, 11) is 0. The lowest BCUT2D eigenvalue weighted by Crippen LogP contribution is -2.27. The topological polar surface area (TPSA) is 3.24 Å². The highest BCUT2D eigenvalue weighted by molar-refractivity contribution is 4.74. The second-order valence-corrected chi connectivity index (χ2v) is 5.15. The summed E-state index contributed by atoms with van der Waals surface area (Å²) in [5, 5.41) is 0. The first-order valence-electron chi connectivity index (χ1n) is 7.08. The lowest BCUT2D eigenvalue weighted by Gasteiger charge is -2.20. The van der Waals surface area contributed by atoms with E-state index in [1.807, 2.05) is 0 Å². The summed E-state index contributed by atoms with van der Waals surface area (Å²) in [6.07, 6.45) is 12.9. The van der Waals surface area contributed by atoms with Gasteiger partial charge in [0.25, 0.3) is 0 Å². The van der Waals surface area contributed by atoms with Crippen molar-refractivity contribution in [3.05, 3.63) is 0 Å². The van der Waals surface area contributed by atoms with Crippen molar-refractivity contribution in [3.8, 4) is 0 Å². The number of hydrogen-bond donors (Lipinski definition) is 0. The third-order valence-corrected chi connectivity index (χ3v) is 3.74. The molecule has 1 atom stereocenters. The fraction of sp³-hybridized carbons (Fsp3) is 1.00. The lowest BCUT2D eigenvalue weighted by molar-refractivity contribution is 0.262. The van der Waals surface area contributed by atoms with Crippen LogP contribution in [0.1, 0.15) is 71.6 Å². The van der Waals surface area contributed by atoms with Crippen LogP contribution in [0.15, 0.2) is 0 Å². The van der Waals surface area contributed by atoms with Crippen molar-refractivity contribution < 1.29 is 0 Å². The summed E-state index contributed by atoms with van der Waals surface area (Å²) < 4.78 is 0. The number of rotatable bonds is 8. The van der Waals surface area contributed by atoms with Crippen LogP contribution in [0, 0.1) is 0 Å². The first-order valence-corrected chi connectivity index (χ1v) is 7.08. The molecule has 0 aromatic carbocycles. The Balaban J connectivity index is 1.84. The number of nitrogens with zero attached hydrogens (tertiary/aromatic N) is 1. The lowest BCUT2D eigenvalue weighted by atomic mass is 10.1. The van der Waals surface area contributed by atoms with E-state index in [0.29, 0.717) is 0 Å². The van der Waals surface area contributed by atoms with Gasteiger partial charge in [-0.1, -0.05) is 45.4 Å². The van der Waals surface area contributed by atoms with E-state index >= 15 is 0 Å². The number of unbranched alkanes of at least 4 members (excludes halogenated alkanes) is 6. The third kappa shape index (κ3) is 5.55. The molecule has 90 valence electrons. The zero-order valence-electron chi connectivity index (χ0n) is 10.8. The summed E-state index contributed by atoms with van der Waals surface area (Å²) in [6, 6.07) is 0.866.